The zero-order valence-corrected chi connectivity index (χ0v) is 11.8. The maximum atomic E-state index is 5.99. The first-order valence-electron chi connectivity index (χ1n) is 7.83. The molecule has 0 bridgehead atoms. The Morgan fingerprint density at radius 3 is 2.56 bits per heavy atom. The van der Waals surface area contributed by atoms with E-state index in [0.717, 1.165) is 38.8 Å². The van der Waals surface area contributed by atoms with Crippen LogP contribution in [0, 0.1) is 11.3 Å². The number of rotatable bonds is 9. The van der Waals surface area contributed by atoms with E-state index in [1.807, 2.05) is 0 Å². The average molecular weight is 254 g/mol. The summed E-state index contributed by atoms with van der Waals surface area (Å²) in [6.07, 6.45) is 10.8. The van der Waals surface area contributed by atoms with Crippen LogP contribution in [0.4, 0.5) is 0 Å². The Bertz CT molecular complexity index is 223. The van der Waals surface area contributed by atoms with Crippen molar-refractivity contribution in [3.63, 3.8) is 0 Å². The lowest BCUT2D eigenvalue weighted by Crippen LogP contribution is -2.36. The molecule has 3 heteroatoms. The van der Waals surface area contributed by atoms with Gasteiger partial charge in [-0.3, -0.25) is 0 Å². The van der Waals surface area contributed by atoms with E-state index in [0.29, 0.717) is 5.41 Å². The minimum Gasteiger partial charge on any atom is -0.380 e. The molecule has 0 spiro atoms. The molecule has 0 heterocycles. The van der Waals surface area contributed by atoms with Crippen molar-refractivity contribution >= 4 is 0 Å². The first-order chi connectivity index (χ1) is 8.85. The van der Waals surface area contributed by atoms with Crippen molar-refractivity contribution in [3.05, 3.63) is 0 Å². The summed E-state index contributed by atoms with van der Waals surface area (Å²) in [6.45, 7) is 4.81. The van der Waals surface area contributed by atoms with E-state index in [4.69, 9.17) is 10.5 Å². The van der Waals surface area contributed by atoms with Crippen LogP contribution in [-0.4, -0.2) is 32.8 Å². The van der Waals surface area contributed by atoms with Gasteiger partial charge in [-0.25, -0.2) is 0 Å². The van der Waals surface area contributed by atoms with Crippen LogP contribution >= 0.6 is 0 Å². The summed E-state index contributed by atoms with van der Waals surface area (Å²) in [7, 11) is 0. The van der Waals surface area contributed by atoms with Crippen LogP contribution in [0.25, 0.3) is 0 Å². The van der Waals surface area contributed by atoms with Gasteiger partial charge in [0.2, 0.25) is 0 Å². The molecule has 0 saturated heterocycles. The number of hydrogen-bond acceptors (Lipinski definition) is 3. The Hall–Kier alpha value is -0.120. The Balaban J connectivity index is 1.47. The summed E-state index contributed by atoms with van der Waals surface area (Å²) in [5.41, 5.74) is 6.43. The largest absolute Gasteiger partial charge is 0.380 e. The third-order valence-corrected chi connectivity index (χ3v) is 4.65. The molecule has 3 N–H and O–H groups in total. The minimum atomic E-state index is 0.445. The van der Waals surface area contributed by atoms with E-state index < -0.39 is 0 Å². The molecule has 2 aliphatic carbocycles. The smallest absolute Gasteiger partial charge is 0.0591 e. The third-order valence-electron chi connectivity index (χ3n) is 4.65. The van der Waals surface area contributed by atoms with E-state index in [9.17, 15) is 0 Å². The highest BCUT2D eigenvalue weighted by atomic mass is 16.5. The van der Waals surface area contributed by atoms with E-state index >= 15 is 0 Å². The predicted octanol–water partition coefficient (Wildman–Crippen LogP) is 2.30. The highest BCUT2D eigenvalue weighted by Gasteiger charge is 2.29. The summed E-state index contributed by atoms with van der Waals surface area (Å²) >= 11 is 0. The van der Waals surface area contributed by atoms with Crippen molar-refractivity contribution in [1.82, 2.24) is 5.32 Å². The van der Waals surface area contributed by atoms with Gasteiger partial charge < -0.3 is 15.8 Å². The van der Waals surface area contributed by atoms with Crippen molar-refractivity contribution in [1.29, 1.82) is 0 Å². The van der Waals surface area contributed by atoms with Gasteiger partial charge in [-0.15, -0.1) is 0 Å². The number of nitrogens with two attached hydrogens (primary N) is 1. The van der Waals surface area contributed by atoms with Crippen molar-refractivity contribution in [2.75, 3.05) is 32.8 Å². The van der Waals surface area contributed by atoms with Crippen LogP contribution in [0.2, 0.25) is 0 Å². The maximum absolute atomic E-state index is 5.99. The summed E-state index contributed by atoms with van der Waals surface area (Å²) in [5, 5.41) is 3.51. The second-order valence-electron chi connectivity index (χ2n) is 6.28. The SMILES string of the molecule is NCC1(CCNCCOCC2CC2)CCCCC1. The lowest BCUT2D eigenvalue weighted by atomic mass is 9.72. The maximum Gasteiger partial charge on any atom is 0.0591 e. The van der Waals surface area contributed by atoms with Gasteiger partial charge in [0.15, 0.2) is 0 Å². The van der Waals surface area contributed by atoms with Crippen LogP contribution < -0.4 is 11.1 Å². The molecule has 0 unspecified atom stereocenters. The second kappa shape index (κ2) is 7.46. The second-order valence-corrected chi connectivity index (χ2v) is 6.28. The molecule has 0 aromatic carbocycles. The highest BCUT2D eigenvalue weighted by molar-refractivity contribution is 4.84. The Kier molecular flexibility index (Phi) is 5.93. The molecule has 2 aliphatic rings. The average Bonchev–Trinajstić information content (AvgIpc) is 3.23. The highest BCUT2D eigenvalue weighted by Crippen LogP contribution is 2.37. The quantitative estimate of drug-likeness (QED) is 0.621. The van der Waals surface area contributed by atoms with Gasteiger partial charge in [0, 0.05) is 13.2 Å². The Labute approximate surface area is 112 Å². The van der Waals surface area contributed by atoms with Crippen LogP contribution in [0.5, 0.6) is 0 Å². The normalized spacial score (nSPS) is 23.2. The van der Waals surface area contributed by atoms with Gasteiger partial charge >= 0.3 is 0 Å². The van der Waals surface area contributed by atoms with Crippen LogP contribution in [0.15, 0.2) is 0 Å². The molecule has 106 valence electrons. The number of ether oxygens (including phenoxy) is 1. The summed E-state index contributed by atoms with van der Waals surface area (Å²) in [6, 6.07) is 0. The lowest BCUT2D eigenvalue weighted by molar-refractivity contribution is 0.123. The molecule has 0 amide bonds. The fourth-order valence-corrected chi connectivity index (χ4v) is 3.02. The molecule has 2 fully saturated rings. The summed E-state index contributed by atoms with van der Waals surface area (Å²) in [5.74, 6) is 0.882. The van der Waals surface area contributed by atoms with Crippen LogP contribution in [-0.2, 0) is 4.74 Å². The van der Waals surface area contributed by atoms with E-state index in [1.165, 1.54) is 51.4 Å². The fourth-order valence-electron chi connectivity index (χ4n) is 3.02. The van der Waals surface area contributed by atoms with Gasteiger partial charge in [-0.1, -0.05) is 19.3 Å². The molecule has 2 rings (SSSR count). The molecule has 0 aromatic rings. The zero-order chi connectivity index (χ0) is 12.7. The van der Waals surface area contributed by atoms with E-state index in [1.54, 1.807) is 0 Å². The third kappa shape index (κ3) is 4.87. The summed E-state index contributed by atoms with van der Waals surface area (Å²) < 4.78 is 5.61. The van der Waals surface area contributed by atoms with Crippen LogP contribution in [0.3, 0.4) is 0 Å². The zero-order valence-electron chi connectivity index (χ0n) is 11.8. The number of hydrogen-bond donors (Lipinski definition) is 2. The Morgan fingerprint density at radius 2 is 1.89 bits per heavy atom. The van der Waals surface area contributed by atoms with Gasteiger partial charge in [0.25, 0.3) is 0 Å². The molecule has 2 saturated carbocycles. The lowest BCUT2D eigenvalue weighted by Gasteiger charge is -2.36. The number of nitrogens with one attached hydrogen (secondary N) is 1. The van der Waals surface area contributed by atoms with Gasteiger partial charge in [-0.05, 0) is 56.5 Å². The molecular weight excluding hydrogens is 224 g/mol. The van der Waals surface area contributed by atoms with Gasteiger partial charge in [-0.2, -0.15) is 0 Å². The standard InChI is InChI=1S/C15H30N2O/c16-13-15(6-2-1-3-7-15)8-9-17-10-11-18-12-14-4-5-14/h14,17H,1-13,16H2. The molecule has 0 aromatic heterocycles. The molecule has 18 heavy (non-hydrogen) atoms. The first-order valence-corrected chi connectivity index (χ1v) is 7.83. The van der Waals surface area contributed by atoms with E-state index in [2.05, 4.69) is 5.32 Å². The summed E-state index contributed by atoms with van der Waals surface area (Å²) in [4.78, 5) is 0. The van der Waals surface area contributed by atoms with E-state index in [-0.39, 0.29) is 0 Å². The molecule has 0 radical (unpaired) electrons. The predicted molar refractivity (Wildman–Crippen MR) is 75.6 cm³/mol. The van der Waals surface area contributed by atoms with Gasteiger partial charge in [0.05, 0.1) is 6.61 Å². The first kappa shape index (κ1) is 14.3. The van der Waals surface area contributed by atoms with Crippen molar-refractivity contribution in [2.24, 2.45) is 17.1 Å². The Morgan fingerprint density at radius 1 is 1.11 bits per heavy atom. The van der Waals surface area contributed by atoms with Crippen LogP contribution in [0.1, 0.15) is 51.4 Å². The topological polar surface area (TPSA) is 47.3 Å². The van der Waals surface area contributed by atoms with Crippen molar-refractivity contribution in [3.8, 4) is 0 Å². The van der Waals surface area contributed by atoms with Crippen molar-refractivity contribution in [2.45, 2.75) is 51.4 Å². The molecule has 3 nitrogen and oxygen atoms in total. The van der Waals surface area contributed by atoms with Crippen molar-refractivity contribution < 1.29 is 4.74 Å². The fraction of sp³-hybridized carbons (Fsp3) is 1.00. The molecule has 0 atom stereocenters. The molecular formula is C15H30N2O. The van der Waals surface area contributed by atoms with Gasteiger partial charge in [0.1, 0.15) is 0 Å². The minimum absolute atomic E-state index is 0.445. The monoisotopic (exact) mass is 254 g/mol. The molecule has 0 aliphatic heterocycles.